The summed E-state index contributed by atoms with van der Waals surface area (Å²) < 4.78 is 20.0. The van der Waals surface area contributed by atoms with Gasteiger partial charge < -0.3 is 86.0 Å². The van der Waals surface area contributed by atoms with Crippen molar-refractivity contribution in [2.24, 2.45) is 5.73 Å². The van der Waals surface area contributed by atoms with E-state index in [2.05, 4.69) is 0 Å². The molecule has 3 saturated heterocycles. The van der Waals surface area contributed by atoms with Crippen LogP contribution in [0.2, 0.25) is 0 Å². The van der Waals surface area contributed by atoms with Gasteiger partial charge in [0.15, 0.2) is 18.9 Å². The average Bonchev–Trinajstić information content (AvgIpc) is 2.85. The first kappa shape index (κ1) is 30.5. The number of aliphatic hydroxyl groups excluding tert-OH is 12. The standard InChI is InChI=1S/C12H22O11.C6H13NO5/c13-1-3-5(15)6(16)9(19)12(22-3)23-10-4(2-14)21-11(20)8(18)7(10)17;7-3-5(10)4(9)2(1-8)12-6(3)11/h3-20H,1-2H2;2-6,8-11H,1,7H2/t3-,4-,5+,6+,7-,8-,9-,10-,11?,12+;2-,3-,4-,5-,6?/m11/s1. The van der Waals surface area contributed by atoms with E-state index >= 15 is 0 Å². The molecule has 14 N–H and O–H groups in total. The van der Waals surface area contributed by atoms with Gasteiger partial charge in [-0.25, -0.2) is 0 Å². The Morgan fingerprint density at radius 2 is 1.00 bits per heavy atom. The molecular weight excluding hydrogens is 486 g/mol. The molecule has 0 amide bonds. The van der Waals surface area contributed by atoms with Crippen LogP contribution < -0.4 is 5.73 Å². The van der Waals surface area contributed by atoms with Crippen molar-refractivity contribution in [1.82, 2.24) is 0 Å². The molecule has 3 rings (SSSR count). The Morgan fingerprint density at radius 3 is 1.54 bits per heavy atom. The first-order valence-electron chi connectivity index (χ1n) is 10.7. The summed E-state index contributed by atoms with van der Waals surface area (Å²) in [5.41, 5.74) is 5.26. The molecule has 0 aromatic heterocycles. The first-order valence-corrected chi connectivity index (χ1v) is 10.7. The predicted octanol–water partition coefficient (Wildman–Crippen LogP) is -8.65. The van der Waals surface area contributed by atoms with Crippen LogP contribution in [0.4, 0.5) is 0 Å². The van der Waals surface area contributed by atoms with E-state index in [1.54, 1.807) is 0 Å². The minimum Gasteiger partial charge on any atom is -0.394 e. The molecule has 17 nitrogen and oxygen atoms in total. The van der Waals surface area contributed by atoms with Crippen LogP contribution in [0, 0.1) is 0 Å². The first-order chi connectivity index (χ1) is 16.4. The Labute approximate surface area is 198 Å². The lowest BCUT2D eigenvalue weighted by atomic mass is 9.97. The number of aliphatic hydroxyl groups is 12. The van der Waals surface area contributed by atoms with Gasteiger partial charge in [0.25, 0.3) is 0 Å². The Kier molecular flexibility index (Phi) is 11.5. The molecular formula is C18H35NO16. The van der Waals surface area contributed by atoms with Crippen molar-refractivity contribution >= 4 is 0 Å². The van der Waals surface area contributed by atoms with Crippen LogP contribution in [0.25, 0.3) is 0 Å². The summed E-state index contributed by atoms with van der Waals surface area (Å²) in [6.07, 6.45) is -20.4. The van der Waals surface area contributed by atoms with Gasteiger partial charge in [-0.1, -0.05) is 0 Å². The normalized spacial score (nSPS) is 50.8. The van der Waals surface area contributed by atoms with Gasteiger partial charge in [0.05, 0.1) is 25.9 Å². The van der Waals surface area contributed by atoms with E-state index in [1.165, 1.54) is 0 Å². The van der Waals surface area contributed by atoms with Crippen LogP contribution in [-0.4, -0.2) is 173 Å². The highest BCUT2D eigenvalue weighted by atomic mass is 16.7. The van der Waals surface area contributed by atoms with E-state index in [0.29, 0.717) is 0 Å². The molecule has 17 heteroatoms. The lowest BCUT2D eigenvalue weighted by Gasteiger charge is -2.45. The predicted molar refractivity (Wildman–Crippen MR) is 107 cm³/mol. The van der Waals surface area contributed by atoms with Crippen LogP contribution in [0.15, 0.2) is 0 Å². The maximum absolute atomic E-state index is 9.94. The van der Waals surface area contributed by atoms with Crippen LogP contribution in [-0.2, 0) is 18.9 Å². The van der Waals surface area contributed by atoms with E-state index in [1.807, 2.05) is 0 Å². The van der Waals surface area contributed by atoms with Crippen molar-refractivity contribution in [1.29, 1.82) is 0 Å². The van der Waals surface area contributed by atoms with Gasteiger partial charge in [0.2, 0.25) is 0 Å². The third-order valence-corrected chi connectivity index (χ3v) is 5.93. The minimum atomic E-state index is -1.74. The maximum atomic E-state index is 9.94. The number of ether oxygens (including phenoxy) is 4. The van der Waals surface area contributed by atoms with E-state index in [9.17, 15) is 46.0 Å². The molecule has 3 fully saturated rings. The molecule has 35 heavy (non-hydrogen) atoms. The molecule has 2 unspecified atom stereocenters. The summed E-state index contributed by atoms with van der Waals surface area (Å²) in [4.78, 5) is 0. The molecule has 0 aromatic carbocycles. The molecule has 0 bridgehead atoms. The summed E-state index contributed by atoms with van der Waals surface area (Å²) in [6.45, 7) is -1.82. The molecule has 0 radical (unpaired) electrons. The molecule has 0 aromatic rings. The zero-order valence-electron chi connectivity index (χ0n) is 18.4. The van der Waals surface area contributed by atoms with E-state index in [0.717, 1.165) is 0 Å². The van der Waals surface area contributed by atoms with Gasteiger partial charge >= 0.3 is 0 Å². The Bertz CT molecular complexity index is 625. The van der Waals surface area contributed by atoms with E-state index in [-0.39, 0.29) is 0 Å². The van der Waals surface area contributed by atoms with Crippen LogP contribution >= 0.6 is 0 Å². The molecule has 0 aliphatic carbocycles. The minimum absolute atomic E-state index is 0.470. The second-order valence-electron chi connectivity index (χ2n) is 8.33. The molecule has 15 atom stereocenters. The quantitative estimate of drug-likeness (QED) is 0.160. The summed E-state index contributed by atoms with van der Waals surface area (Å²) >= 11 is 0. The fourth-order valence-corrected chi connectivity index (χ4v) is 3.69. The fourth-order valence-electron chi connectivity index (χ4n) is 3.69. The summed E-state index contributed by atoms with van der Waals surface area (Å²) in [7, 11) is 0. The zero-order chi connectivity index (χ0) is 26.6. The number of hydrogen-bond acceptors (Lipinski definition) is 17. The molecule has 3 heterocycles. The fraction of sp³-hybridized carbons (Fsp3) is 1.00. The van der Waals surface area contributed by atoms with Gasteiger partial charge in [-0.15, -0.1) is 0 Å². The smallest absolute Gasteiger partial charge is 0.187 e. The Morgan fingerprint density at radius 1 is 0.514 bits per heavy atom. The van der Waals surface area contributed by atoms with Crippen molar-refractivity contribution in [3.8, 4) is 0 Å². The van der Waals surface area contributed by atoms with Gasteiger partial charge in [0, 0.05) is 0 Å². The topological polar surface area (TPSA) is 306 Å². The molecule has 3 aliphatic heterocycles. The summed E-state index contributed by atoms with van der Waals surface area (Å²) in [6, 6.07) is -1.04. The largest absolute Gasteiger partial charge is 0.394 e. The van der Waals surface area contributed by atoms with Crippen LogP contribution in [0.3, 0.4) is 0 Å². The van der Waals surface area contributed by atoms with E-state index < -0.39 is 112 Å². The monoisotopic (exact) mass is 521 g/mol. The highest BCUT2D eigenvalue weighted by molar-refractivity contribution is 4.94. The van der Waals surface area contributed by atoms with Crippen molar-refractivity contribution in [3.63, 3.8) is 0 Å². The molecule has 208 valence electrons. The second kappa shape index (κ2) is 13.2. The van der Waals surface area contributed by atoms with Crippen molar-refractivity contribution < 1.29 is 80.2 Å². The summed E-state index contributed by atoms with van der Waals surface area (Å²) in [5, 5.41) is 113. The highest BCUT2D eigenvalue weighted by Gasteiger charge is 2.50. The molecule has 0 spiro atoms. The van der Waals surface area contributed by atoms with Crippen molar-refractivity contribution in [2.75, 3.05) is 19.8 Å². The number of hydrogen-bond donors (Lipinski definition) is 13. The van der Waals surface area contributed by atoms with Gasteiger partial charge in [0.1, 0.15) is 67.1 Å². The third-order valence-electron chi connectivity index (χ3n) is 5.93. The van der Waals surface area contributed by atoms with Gasteiger partial charge in [-0.05, 0) is 0 Å². The van der Waals surface area contributed by atoms with Gasteiger partial charge in [-0.3, -0.25) is 0 Å². The maximum Gasteiger partial charge on any atom is 0.187 e. The van der Waals surface area contributed by atoms with Crippen molar-refractivity contribution in [2.45, 2.75) is 92.1 Å². The van der Waals surface area contributed by atoms with Gasteiger partial charge in [-0.2, -0.15) is 0 Å². The number of nitrogens with two attached hydrogens (primary N) is 1. The average molecular weight is 521 g/mol. The van der Waals surface area contributed by atoms with Crippen molar-refractivity contribution in [3.05, 3.63) is 0 Å². The SMILES string of the molecule is N[C@H]1C(O)O[C@H](CO)[C@@H](O)[C@@H]1O.OC[C@H]1O[C@@H](O[C@H]2[C@H](O)[C@@H](O)C(O)O[C@@H]2CO)[C@H](O)[C@@H](O)[C@H]1O. The Balaban J connectivity index is 0.000000303. The lowest BCUT2D eigenvalue weighted by molar-refractivity contribution is -0.355. The Hall–Kier alpha value is -0.680. The zero-order valence-corrected chi connectivity index (χ0v) is 18.4. The number of rotatable bonds is 5. The second-order valence-corrected chi connectivity index (χ2v) is 8.33. The van der Waals surface area contributed by atoms with E-state index in [4.69, 9.17) is 40.0 Å². The van der Waals surface area contributed by atoms with Crippen LogP contribution in [0.5, 0.6) is 0 Å². The van der Waals surface area contributed by atoms with Crippen LogP contribution in [0.1, 0.15) is 0 Å². The molecule has 0 saturated carbocycles. The lowest BCUT2D eigenvalue weighted by Crippen LogP contribution is -2.64. The molecule has 3 aliphatic rings. The summed E-state index contributed by atoms with van der Waals surface area (Å²) in [5.74, 6) is 0. The highest BCUT2D eigenvalue weighted by Crippen LogP contribution is 2.28. The third kappa shape index (κ3) is 6.80.